The lowest BCUT2D eigenvalue weighted by Crippen LogP contribution is -2.48. The third-order valence-electron chi connectivity index (χ3n) is 4.04. The SMILES string of the molecule is CN=C(NCC(C)(C)CCS(C)(=O)=O)N1CCCC(C)C1. The van der Waals surface area contributed by atoms with Gasteiger partial charge in [0.25, 0.3) is 0 Å². The van der Waals surface area contributed by atoms with Gasteiger partial charge in [-0.3, -0.25) is 4.99 Å². The van der Waals surface area contributed by atoms with E-state index >= 15 is 0 Å². The maximum Gasteiger partial charge on any atom is 0.193 e. The van der Waals surface area contributed by atoms with Gasteiger partial charge in [-0.15, -0.1) is 0 Å². The monoisotopic (exact) mass is 317 g/mol. The Morgan fingerprint density at radius 3 is 2.62 bits per heavy atom. The molecule has 0 radical (unpaired) electrons. The molecule has 6 heteroatoms. The van der Waals surface area contributed by atoms with Crippen molar-refractivity contribution in [3.8, 4) is 0 Å². The second kappa shape index (κ2) is 7.47. The van der Waals surface area contributed by atoms with E-state index in [2.05, 4.69) is 36.0 Å². The molecule has 1 aliphatic rings. The number of hydrogen-bond acceptors (Lipinski definition) is 3. The van der Waals surface area contributed by atoms with E-state index < -0.39 is 9.84 Å². The fraction of sp³-hybridized carbons (Fsp3) is 0.933. The van der Waals surface area contributed by atoms with E-state index in [1.807, 2.05) is 7.05 Å². The van der Waals surface area contributed by atoms with E-state index in [0.29, 0.717) is 12.3 Å². The highest BCUT2D eigenvalue weighted by Crippen LogP contribution is 2.20. The third-order valence-corrected chi connectivity index (χ3v) is 4.99. The van der Waals surface area contributed by atoms with Crippen LogP contribution in [-0.4, -0.2) is 58.0 Å². The second-order valence-corrected chi connectivity index (χ2v) is 9.40. The molecule has 1 saturated heterocycles. The summed E-state index contributed by atoms with van der Waals surface area (Å²) in [5.41, 5.74) is -0.0690. The van der Waals surface area contributed by atoms with Crippen LogP contribution in [0, 0.1) is 11.3 Å². The van der Waals surface area contributed by atoms with Crippen molar-refractivity contribution in [1.82, 2.24) is 10.2 Å². The average molecular weight is 317 g/mol. The Labute approximate surface area is 130 Å². The number of hydrogen-bond donors (Lipinski definition) is 1. The van der Waals surface area contributed by atoms with Gasteiger partial charge in [-0.2, -0.15) is 0 Å². The molecule has 1 atom stereocenters. The lowest BCUT2D eigenvalue weighted by atomic mass is 9.90. The lowest BCUT2D eigenvalue weighted by Gasteiger charge is -2.35. The van der Waals surface area contributed by atoms with Crippen molar-refractivity contribution in [1.29, 1.82) is 0 Å². The summed E-state index contributed by atoms with van der Waals surface area (Å²) in [6, 6.07) is 0. The molecule has 124 valence electrons. The molecule has 0 bridgehead atoms. The molecule has 0 saturated carbocycles. The summed E-state index contributed by atoms with van der Waals surface area (Å²) in [5, 5.41) is 3.42. The quantitative estimate of drug-likeness (QED) is 0.620. The molecule has 1 fully saturated rings. The van der Waals surface area contributed by atoms with Crippen LogP contribution in [0.15, 0.2) is 4.99 Å². The van der Waals surface area contributed by atoms with E-state index in [4.69, 9.17) is 0 Å². The topological polar surface area (TPSA) is 61.8 Å². The Bertz CT molecular complexity index is 458. The van der Waals surface area contributed by atoms with E-state index in [1.165, 1.54) is 19.1 Å². The highest BCUT2D eigenvalue weighted by molar-refractivity contribution is 7.90. The van der Waals surface area contributed by atoms with Crippen LogP contribution in [-0.2, 0) is 9.84 Å². The normalized spacial score (nSPS) is 21.5. The second-order valence-electron chi connectivity index (χ2n) is 7.14. The molecule has 5 nitrogen and oxygen atoms in total. The number of rotatable bonds is 5. The smallest absolute Gasteiger partial charge is 0.193 e. The molecule has 0 aromatic rings. The Kier molecular flexibility index (Phi) is 6.50. The molecule has 0 aromatic heterocycles. The molecule has 0 aromatic carbocycles. The number of nitrogens with zero attached hydrogens (tertiary/aromatic N) is 2. The number of sulfone groups is 1. The van der Waals surface area contributed by atoms with Crippen molar-refractivity contribution in [2.24, 2.45) is 16.3 Å². The van der Waals surface area contributed by atoms with E-state index in [9.17, 15) is 8.42 Å². The summed E-state index contributed by atoms with van der Waals surface area (Å²) in [6.45, 7) is 9.29. The molecule has 0 aliphatic carbocycles. The largest absolute Gasteiger partial charge is 0.356 e. The maximum atomic E-state index is 11.3. The standard InChI is InChI=1S/C15H31N3O2S/c1-13-7-6-9-18(11-13)14(16-4)17-12-15(2,3)8-10-21(5,19)20/h13H,6-12H2,1-5H3,(H,16,17). The van der Waals surface area contributed by atoms with Gasteiger partial charge >= 0.3 is 0 Å². The zero-order valence-corrected chi connectivity index (χ0v) is 15.0. The van der Waals surface area contributed by atoms with Gasteiger partial charge in [-0.05, 0) is 30.6 Å². The van der Waals surface area contributed by atoms with Crippen LogP contribution in [0.4, 0.5) is 0 Å². The Morgan fingerprint density at radius 2 is 2.10 bits per heavy atom. The van der Waals surface area contributed by atoms with Crippen LogP contribution < -0.4 is 5.32 Å². The number of piperidine rings is 1. The summed E-state index contributed by atoms with van der Waals surface area (Å²) in [7, 11) is -1.09. The maximum absolute atomic E-state index is 11.3. The Balaban J connectivity index is 2.50. The summed E-state index contributed by atoms with van der Waals surface area (Å²) >= 11 is 0. The van der Waals surface area contributed by atoms with Crippen LogP contribution in [0.2, 0.25) is 0 Å². The lowest BCUT2D eigenvalue weighted by molar-refractivity contribution is 0.260. The van der Waals surface area contributed by atoms with Gasteiger partial charge in [0.05, 0.1) is 5.75 Å². The first-order chi connectivity index (χ1) is 9.63. The van der Waals surface area contributed by atoms with E-state index in [1.54, 1.807) is 0 Å². The van der Waals surface area contributed by atoms with Crippen LogP contribution >= 0.6 is 0 Å². The molecule has 21 heavy (non-hydrogen) atoms. The molecular formula is C15H31N3O2S. The molecule has 1 aliphatic heterocycles. The van der Waals surface area contributed by atoms with Crippen LogP contribution in [0.5, 0.6) is 0 Å². The van der Waals surface area contributed by atoms with Crippen molar-refractivity contribution < 1.29 is 8.42 Å². The molecule has 1 rings (SSSR count). The minimum Gasteiger partial charge on any atom is -0.356 e. The van der Waals surface area contributed by atoms with Crippen molar-refractivity contribution in [3.63, 3.8) is 0 Å². The molecule has 1 unspecified atom stereocenters. The van der Waals surface area contributed by atoms with Crippen molar-refractivity contribution in [2.45, 2.75) is 40.0 Å². The van der Waals surface area contributed by atoms with E-state index in [-0.39, 0.29) is 11.2 Å². The summed E-state index contributed by atoms with van der Waals surface area (Å²) < 4.78 is 22.6. The summed E-state index contributed by atoms with van der Waals surface area (Å²) in [6.07, 6.45) is 4.45. The Morgan fingerprint density at radius 1 is 1.43 bits per heavy atom. The van der Waals surface area contributed by atoms with Crippen LogP contribution in [0.25, 0.3) is 0 Å². The zero-order chi connectivity index (χ0) is 16.1. The molecule has 0 spiro atoms. The van der Waals surface area contributed by atoms with Crippen molar-refractivity contribution in [2.75, 3.05) is 38.7 Å². The number of aliphatic imine (C=N–C) groups is 1. The van der Waals surface area contributed by atoms with Gasteiger partial charge in [0.2, 0.25) is 0 Å². The minimum atomic E-state index is -2.90. The first kappa shape index (κ1) is 18.3. The Hall–Kier alpha value is -0.780. The molecule has 1 heterocycles. The highest BCUT2D eigenvalue weighted by atomic mass is 32.2. The van der Waals surface area contributed by atoms with Crippen LogP contribution in [0.1, 0.15) is 40.0 Å². The fourth-order valence-electron chi connectivity index (χ4n) is 2.58. The predicted molar refractivity (Wildman–Crippen MR) is 89.4 cm³/mol. The molecular weight excluding hydrogens is 286 g/mol. The van der Waals surface area contributed by atoms with Gasteiger partial charge in [0.1, 0.15) is 9.84 Å². The van der Waals surface area contributed by atoms with Crippen molar-refractivity contribution in [3.05, 3.63) is 0 Å². The highest BCUT2D eigenvalue weighted by Gasteiger charge is 2.23. The van der Waals surface area contributed by atoms with Gasteiger partial charge in [-0.1, -0.05) is 20.8 Å². The average Bonchev–Trinajstić information content (AvgIpc) is 2.37. The fourth-order valence-corrected chi connectivity index (χ4v) is 3.51. The van der Waals surface area contributed by atoms with E-state index in [0.717, 1.165) is 25.6 Å². The third kappa shape index (κ3) is 7.16. The zero-order valence-electron chi connectivity index (χ0n) is 14.1. The van der Waals surface area contributed by atoms with Crippen molar-refractivity contribution >= 4 is 15.8 Å². The van der Waals surface area contributed by atoms with Crippen LogP contribution in [0.3, 0.4) is 0 Å². The van der Waals surface area contributed by atoms with Gasteiger partial charge in [0, 0.05) is 32.9 Å². The number of nitrogens with one attached hydrogen (secondary N) is 1. The molecule has 1 N–H and O–H groups in total. The minimum absolute atomic E-state index is 0.0690. The van der Waals surface area contributed by atoms with Gasteiger partial charge in [-0.25, -0.2) is 8.42 Å². The predicted octanol–water partition coefficient (Wildman–Crippen LogP) is 1.75. The number of likely N-dealkylation sites (tertiary alicyclic amines) is 1. The summed E-state index contributed by atoms with van der Waals surface area (Å²) in [5.74, 6) is 1.88. The first-order valence-electron chi connectivity index (χ1n) is 7.76. The number of guanidine groups is 1. The molecule has 0 amide bonds. The van der Waals surface area contributed by atoms with Gasteiger partial charge in [0.15, 0.2) is 5.96 Å². The first-order valence-corrected chi connectivity index (χ1v) is 9.82. The van der Waals surface area contributed by atoms with Gasteiger partial charge < -0.3 is 10.2 Å². The summed E-state index contributed by atoms with van der Waals surface area (Å²) in [4.78, 5) is 6.68.